The van der Waals surface area contributed by atoms with Gasteiger partial charge in [0.15, 0.2) is 0 Å². The summed E-state index contributed by atoms with van der Waals surface area (Å²) in [6, 6.07) is 19.3. The monoisotopic (exact) mass is 834 g/mol. The fourth-order valence-electron chi connectivity index (χ4n) is 6.27. The van der Waals surface area contributed by atoms with Crippen LogP contribution in [0.25, 0.3) is 23.3 Å². The van der Waals surface area contributed by atoms with Crippen LogP contribution in [-0.2, 0) is 34.1 Å². The molecule has 5 rings (SSSR count). The Morgan fingerprint density at radius 3 is 1.31 bits per heavy atom. The van der Waals surface area contributed by atoms with Crippen LogP contribution in [0.15, 0.2) is 109 Å². The van der Waals surface area contributed by atoms with Gasteiger partial charge >= 0.3 is 23.9 Å². The number of rotatable bonds is 20. The van der Waals surface area contributed by atoms with Gasteiger partial charge in [-0.2, -0.15) is 0 Å². The molecule has 12 heteroatoms. The van der Waals surface area contributed by atoms with Crippen LogP contribution in [0.4, 0.5) is 8.78 Å². The highest BCUT2D eigenvalue weighted by Gasteiger charge is 2.36. The fraction of sp³-hybridized carbons (Fsp3) is 0.265. The topological polar surface area (TPSA) is 124 Å². The average Bonchev–Trinajstić information content (AvgIpc) is 3.44. The van der Waals surface area contributed by atoms with Gasteiger partial charge in [0, 0.05) is 52.0 Å². The first kappa shape index (κ1) is 45.3. The van der Waals surface area contributed by atoms with E-state index in [-0.39, 0.29) is 24.3 Å². The second-order valence-electron chi connectivity index (χ2n) is 14.9. The summed E-state index contributed by atoms with van der Waals surface area (Å²) in [5.41, 5.74) is 4.08. The van der Waals surface area contributed by atoms with Crippen molar-refractivity contribution in [2.24, 2.45) is 0 Å². The first-order valence-corrected chi connectivity index (χ1v) is 19.7. The quantitative estimate of drug-likeness (QED) is 0.0368. The average molecular weight is 835 g/mol. The van der Waals surface area contributed by atoms with Crippen LogP contribution in [0.2, 0.25) is 0 Å². The van der Waals surface area contributed by atoms with Crippen LogP contribution in [0, 0.1) is 11.6 Å². The molecular formula is C49H48F2O10. The lowest BCUT2D eigenvalue weighted by Gasteiger charge is -2.22. The van der Waals surface area contributed by atoms with Crippen LogP contribution in [0.5, 0.6) is 23.0 Å². The van der Waals surface area contributed by atoms with E-state index in [2.05, 4.69) is 13.2 Å². The Hall–Kier alpha value is -6.82. The zero-order valence-electron chi connectivity index (χ0n) is 34.6. The number of hydrogen-bond acceptors (Lipinski definition) is 10. The molecule has 61 heavy (non-hydrogen) atoms. The number of halogens is 2. The predicted octanol–water partition coefficient (Wildman–Crippen LogP) is 10.1. The number of carbonyl (C=O) groups is 4. The van der Waals surface area contributed by atoms with E-state index in [9.17, 15) is 28.0 Å². The number of carbonyl (C=O) groups excluding carboxylic acids is 4. The minimum absolute atomic E-state index is 0.172. The van der Waals surface area contributed by atoms with Gasteiger partial charge < -0.3 is 28.4 Å². The lowest BCUT2D eigenvalue weighted by Crippen LogP contribution is -2.16. The van der Waals surface area contributed by atoms with Crippen LogP contribution >= 0.6 is 0 Å². The van der Waals surface area contributed by atoms with E-state index in [1.165, 1.54) is 36.4 Å². The Balaban J connectivity index is 1.11. The van der Waals surface area contributed by atoms with Gasteiger partial charge in [-0.1, -0.05) is 39.1 Å². The summed E-state index contributed by atoms with van der Waals surface area (Å²) < 4.78 is 62.0. The highest BCUT2D eigenvalue weighted by molar-refractivity contribution is 5.91. The standard InChI is InChI=1S/C49H48F2O10/c1-31(2)47(54)58-25-9-7-23-56-35-15-11-33(43(50)29-35)13-21-45(52)60-37-17-19-39-40-20-18-38(28-42(40)49(5,6)41(39)27-37)61-46(53)22-14-34-12-16-36(30-44(34)51)57-24-8-10-26-59-48(55)32(3)4/h11-22,27-30H,1,3,7-10,23-26H2,2,4-6H3. The highest BCUT2D eigenvalue weighted by Crippen LogP contribution is 2.50. The van der Waals surface area contributed by atoms with E-state index in [0.29, 0.717) is 73.0 Å². The first-order chi connectivity index (χ1) is 29.1. The van der Waals surface area contributed by atoms with Crippen LogP contribution in [-0.4, -0.2) is 50.3 Å². The number of ether oxygens (including phenoxy) is 6. The molecule has 0 saturated heterocycles. The second-order valence-corrected chi connectivity index (χ2v) is 14.9. The second kappa shape index (κ2) is 20.9. The SMILES string of the molecule is C=C(C)C(=O)OCCCCOc1ccc(C=CC(=O)Oc2ccc3c(c2)C(C)(C)c2cc(OC(=O)C=Cc4ccc(OCCCCOC(=O)C(=C)C)cc4F)ccc2-3)c(F)c1. The number of esters is 4. The lowest BCUT2D eigenvalue weighted by atomic mass is 9.82. The maximum Gasteiger partial charge on any atom is 0.336 e. The van der Waals surface area contributed by atoms with Crippen molar-refractivity contribution >= 4 is 36.0 Å². The summed E-state index contributed by atoms with van der Waals surface area (Å²) in [5.74, 6) is -2.17. The van der Waals surface area contributed by atoms with Gasteiger partial charge in [0.05, 0.1) is 26.4 Å². The minimum atomic E-state index is -0.695. The van der Waals surface area contributed by atoms with Gasteiger partial charge in [-0.05, 0) is 122 Å². The molecule has 0 unspecified atom stereocenters. The van der Waals surface area contributed by atoms with Crippen molar-refractivity contribution in [3.05, 3.63) is 143 Å². The number of fused-ring (bicyclic) bond motifs is 3. The number of hydrogen-bond donors (Lipinski definition) is 0. The van der Waals surface area contributed by atoms with E-state index in [4.69, 9.17) is 28.4 Å². The molecule has 0 radical (unpaired) electrons. The molecule has 1 aliphatic rings. The molecule has 0 atom stereocenters. The molecule has 0 heterocycles. The van der Waals surface area contributed by atoms with E-state index < -0.39 is 40.9 Å². The van der Waals surface area contributed by atoms with Gasteiger partial charge in [-0.15, -0.1) is 0 Å². The van der Waals surface area contributed by atoms with Crippen molar-refractivity contribution in [2.75, 3.05) is 26.4 Å². The number of benzene rings is 4. The Morgan fingerprint density at radius 1 is 0.557 bits per heavy atom. The summed E-state index contributed by atoms with van der Waals surface area (Å²) in [5, 5.41) is 0. The molecule has 0 bridgehead atoms. The van der Waals surface area contributed by atoms with Crippen molar-refractivity contribution in [1.29, 1.82) is 0 Å². The predicted molar refractivity (Wildman–Crippen MR) is 227 cm³/mol. The molecule has 318 valence electrons. The smallest absolute Gasteiger partial charge is 0.336 e. The van der Waals surface area contributed by atoms with Crippen molar-refractivity contribution in [1.82, 2.24) is 0 Å². The maximum absolute atomic E-state index is 14.8. The summed E-state index contributed by atoms with van der Waals surface area (Å²) in [6.45, 7) is 15.3. The van der Waals surface area contributed by atoms with Gasteiger partial charge in [-0.3, -0.25) is 0 Å². The molecule has 0 spiro atoms. The molecule has 10 nitrogen and oxygen atoms in total. The van der Waals surface area contributed by atoms with Gasteiger partial charge in [0.25, 0.3) is 0 Å². The van der Waals surface area contributed by atoms with Crippen molar-refractivity contribution in [3.8, 4) is 34.1 Å². The molecule has 0 saturated carbocycles. The van der Waals surface area contributed by atoms with E-state index >= 15 is 0 Å². The van der Waals surface area contributed by atoms with Crippen molar-refractivity contribution < 1.29 is 56.4 Å². The van der Waals surface area contributed by atoms with Crippen LogP contribution < -0.4 is 18.9 Å². The Kier molecular flexibility index (Phi) is 15.5. The maximum atomic E-state index is 14.8. The zero-order valence-corrected chi connectivity index (χ0v) is 34.6. The number of unbranched alkanes of at least 4 members (excludes halogenated alkanes) is 2. The Bertz CT molecular complexity index is 2210. The normalized spacial score (nSPS) is 12.4. The minimum Gasteiger partial charge on any atom is -0.493 e. The highest BCUT2D eigenvalue weighted by atomic mass is 19.1. The first-order valence-electron chi connectivity index (χ1n) is 19.7. The molecule has 0 amide bonds. The molecule has 4 aromatic rings. The molecular weight excluding hydrogens is 787 g/mol. The molecule has 1 aliphatic carbocycles. The third kappa shape index (κ3) is 12.6. The van der Waals surface area contributed by atoms with Gasteiger partial charge in [0.2, 0.25) is 0 Å². The summed E-state index contributed by atoms with van der Waals surface area (Å²) in [6.07, 6.45) is 7.30. The molecule has 0 aromatic heterocycles. The zero-order chi connectivity index (χ0) is 44.1. The van der Waals surface area contributed by atoms with E-state index in [0.717, 1.165) is 34.4 Å². The van der Waals surface area contributed by atoms with Crippen molar-refractivity contribution in [3.63, 3.8) is 0 Å². The molecule has 0 aliphatic heterocycles. The summed E-state index contributed by atoms with van der Waals surface area (Å²) >= 11 is 0. The fourth-order valence-corrected chi connectivity index (χ4v) is 6.27. The van der Waals surface area contributed by atoms with E-state index in [1.54, 1.807) is 50.2 Å². The third-order valence-electron chi connectivity index (χ3n) is 9.58. The summed E-state index contributed by atoms with van der Waals surface area (Å²) in [4.78, 5) is 48.4. The van der Waals surface area contributed by atoms with E-state index in [1.807, 2.05) is 26.0 Å². The summed E-state index contributed by atoms with van der Waals surface area (Å²) in [7, 11) is 0. The van der Waals surface area contributed by atoms with Crippen molar-refractivity contribution in [2.45, 2.75) is 58.8 Å². The Morgan fingerprint density at radius 2 is 0.934 bits per heavy atom. The van der Waals surface area contributed by atoms with Crippen LogP contribution in [0.3, 0.4) is 0 Å². The van der Waals surface area contributed by atoms with Gasteiger partial charge in [0.1, 0.15) is 34.6 Å². The van der Waals surface area contributed by atoms with Gasteiger partial charge in [-0.25, -0.2) is 28.0 Å². The largest absolute Gasteiger partial charge is 0.493 e. The van der Waals surface area contributed by atoms with Crippen LogP contribution in [0.1, 0.15) is 75.6 Å². The molecule has 4 aromatic carbocycles. The third-order valence-corrected chi connectivity index (χ3v) is 9.58. The Labute approximate surface area is 354 Å². The molecule has 0 N–H and O–H groups in total. The molecule has 0 fully saturated rings. The lowest BCUT2D eigenvalue weighted by molar-refractivity contribution is -0.139.